The van der Waals surface area contributed by atoms with Gasteiger partial charge in [0.25, 0.3) is 0 Å². The summed E-state index contributed by atoms with van der Waals surface area (Å²) >= 11 is 5.92. The summed E-state index contributed by atoms with van der Waals surface area (Å²) in [6.07, 6.45) is 1.61. The van der Waals surface area contributed by atoms with E-state index in [1.54, 1.807) is 47.3 Å². The van der Waals surface area contributed by atoms with Gasteiger partial charge in [-0.1, -0.05) is 16.8 Å². The van der Waals surface area contributed by atoms with E-state index in [0.29, 0.717) is 16.4 Å². The number of hydrogen-bond acceptors (Lipinski definition) is 5. The van der Waals surface area contributed by atoms with Crippen LogP contribution in [0, 0.1) is 6.92 Å². The normalized spacial score (nSPS) is 12.0. The highest BCUT2D eigenvalue weighted by Crippen LogP contribution is 2.16. The van der Waals surface area contributed by atoms with Crippen molar-refractivity contribution in [1.29, 1.82) is 0 Å². The second-order valence-corrected chi connectivity index (χ2v) is 5.87. The van der Waals surface area contributed by atoms with Gasteiger partial charge >= 0.3 is 0 Å². The highest BCUT2D eigenvalue weighted by Gasteiger charge is 2.12. The summed E-state index contributed by atoms with van der Waals surface area (Å²) in [6.45, 7) is 3.75. The van der Waals surface area contributed by atoms with Gasteiger partial charge in [0.1, 0.15) is 11.4 Å². The van der Waals surface area contributed by atoms with Gasteiger partial charge < -0.3 is 5.11 Å². The third kappa shape index (κ3) is 3.92. The Hall–Kier alpha value is -2.99. The zero-order valence-corrected chi connectivity index (χ0v) is 14.5. The average molecular weight is 354 g/mol. The number of hydrogen-bond donors (Lipinski definition) is 1. The smallest absolute Gasteiger partial charge is 0.132 e. The Balaban J connectivity index is 1.81. The maximum Gasteiger partial charge on any atom is 0.132 e. The number of rotatable bonds is 4. The molecule has 7 heteroatoms. The maximum absolute atomic E-state index is 9.26. The quantitative estimate of drug-likeness (QED) is 0.573. The molecule has 6 nitrogen and oxygen atoms in total. The van der Waals surface area contributed by atoms with Crippen molar-refractivity contribution in [3.05, 3.63) is 70.5 Å². The molecule has 0 bridgehead atoms. The number of benzene rings is 2. The van der Waals surface area contributed by atoms with E-state index in [1.165, 1.54) is 0 Å². The molecule has 0 fully saturated rings. The fourth-order valence-corrected chi connectivity index (χ4v) is 2.41. The van der Waals surface area contributed by atoms with Crippen LogP contribution >= 0.6 is 11.6 Å². The van der Waals surface area contributed by atoms with Crippen molar-refractivity contribution in [2.45, 2.75) is 13.8 Å². The lowest BCUT2D eigenvalue weighted by Crippen LogP contribution is -2.01. The van der Waals surface area contributed by atoms with Gasteiger partial charge in [-0.05, 0) is 67.9 Å². The van der Waals surface area contributed by atoms with E-state index in [0.717, 1.165) is 16.9 Å². The van der Waals surface area contributed by atoms with Crippen molar-refractivity contribution in [2.24, 2.45) is 10.2 Å². The molecule has 0 unspecified atom stereocenters. The first-order valence-corrected chi connectivity index (χ1v) is 7.97. The molecular weight excluding hydrogens is 338 g/mol. The van der Waals surface area contributed by atoms with Gasteiger partial charge in [-0.2, -0.15) is 10.2 Å². The van der Waals surface area contributed by atoms with E-state index in [1.807, 2.05) is 26.0 Å². The molecule has 0 aliphatic heterocycles. The minimum Gasteiger partial charge on any atom is -0.508 e. The fourth-order valence-electron chi connectivity index (χ4n) is 2.28. The largest absolute Gasteiger partial charge is 0.508 e. The lowest BCUT2D eigenvalue weighted by atomic mass is 10.2. The first-order chi connectivity index (χ1) is 12.0. The second-order valence-electron chi connectivity index (χ2n) is 5.43. The van der Waals surface area contributed by atoms with Gasteiger partial charge in [0.15, 0.2) is 0 Å². The second kappa shape index (κ2) is 7.27. The molecule has 0 saturated heterocycles. The van der Waals surface area contributed by atoms with Gasteiger partial charge in [-0.25, -0.2) is 4.68 Å². The topological polar surface area (TPSA) is 75.7 Å². The minimum absolute atomic E-state index is 0.214. The van der Waals surface area contributed by atoms with Crippen LogP contribution in [0.4, 0.5) is 0 Å². The molecule has 126 valence electrons. The van der Waals surface area contributed by atoms with E-state index in [4.69, 9.17) is 11.6 Å². The molecule has 0 aliphatic rings. The Morgan fingerprint density at radius 3 is 2.48 bits per heavy atom. The number of halogens is 1. The Morgan fingerprint density at radius 2 is 1.80 bits per heavy atom. The van der Waals surface area contributed by atoms with Crippen LogP contribution in [0.5, 0.6) is 5.75 Å². The average Bonchev–Trinajstić information content (AvgIpc) is 2.99. The third-order valence-corrected chi connectivity index (χ3v) is 3.87. The number of aromatic hydroxyl groups is 1. The van der Waals surface area contributed by atoms with Crippen molar-refractivity contribution < 1.29 is 5.11 Å². The van der Waals surface area contributed by atoms with E-state index < -0.39 is 0 Å². The summed E-state index contributed by atoms with van der Waals surface area (Å²) in [7, 11) is 0. The third-order valence-electron chi connectivity index (χ3n) is 3.62. The van der Waals surface area contributed by atoms with Crippen molar-refractivity contribution in [1.82, 2.24) is 15.0 Å². The molecule has 0 spiro atoms. The maximum atomic E-state index is 9.26. The van der Waals surface area contributed by atoms with Crippen molar-refractivity contribution >= 4 is 23.5 Å². The Bertz CT molecular complexity index is 927. The van der Waals surface area contributed by atoms with Gasteiger partial charge in [0, 0.05) is 5.02 Å². The number of phenols is 1. The van der Waals surface area contributed by atoms with Crippen molar-refractivity contribution in [3.8, 4) is 11.4 Å². The van der Waals surface area contributed by atoms with Gasteiger partial charge in [0.2, 0.25) is 0 Å². The highest BCUT2D eigenvalue weighted by atomic mass is 35.5. The molecule has 2 aromatic carbocycles. The first-order valence-electron chi connectivity index (χ1n) is 7.60. The molecule has 1 aromatic heterocycles. The SMILES string of the molecule is C/C(=N\N=C\c1ccc(O)cc1)c1nnn(-c2ccc(Cl)cc2)c1C. The minimum atomic E-state index is 0.214. The molecule has 0 amide bonds. The zero-order chi connectivity index (χ0) is 17.8. The summed E-state index contributed by atoms with van der Waals surface area (Å²) in [5, 5.41) is 26.6. The van der Waals surface area contributed by atoms with Crippen LogP contribution in [0.3, 0.4) is 0 Å². The lowest BCUT2D eigenvalue weighted by Gasteiger charge is -2.03. The summed E-state index contributed by atoms with van der Waals surface area (Å²) < 4.78 is 1.73. The molecule has 0 aliphatic carbocycles. The molecule has 0 atom stereocenters. The van der Waals surface area contributed by atoms with Crippen molar-refractivity contribution in [2.75, 3.05) is 0 Å². The highest BCUT2D eigenvalue weighted by molar-refractivity contribution is 6.30. The molecule has 25 heavy (non-hydrogen) atoms. The summed E-state index contributed by atoms with van der Waals surface area (Å²) in [5.41, 5.74) is 3.92. The monoisotopic (exact) mass is 353 g/mol. The molecule has 1 N–H and O–H groups in total. The molecule has 0 radical (unpaired) electrons. The zero-order valence-electron chi connectivity index (χ0n) is 13.8. The Morgan fingerprint density at radius 1 is 1.12 bits per heavy atom. The van der Waals surface area contributed by atoms with Crippen LogP contribution < -0.4 is 0 Å². The molecule has 3 aromatic rings. The summed E-state index contributed by atoms with van der Waals surface area (Å²) in [6, 6.07) is 14.1. The first kappa shape index (κ1) is 16.9. The molecule has 0 saturated carbocycles. The standard InChI is InChI=1S/C18H16ClN5O/c1-12(21-20-11-14-3-9-17(25)10-4-14)18-13(2)24(23-22-18)16-7-5-15(19)6-8-16/h3-11,25H,1-2H3/b20-11+,21-12+. The number of aromatic nitrogens is 3. The van der Waals surface area contributed by atoms with Gasteiger partial charge in [-0.15, -0.1) is 5.10 Å². The molecule has 1 heterocycles. The van der Waals surface area contributed by atoms with Crippen molar-refractivity contribution in [3.63, 3.8) is 0 Å². The molecular formula is C18H16ClN5O. The van der Waals surface area contributed by atoms with Crippen LogP contribution in [-0.4, -0.2) is 32.0 Å². The fraction of sp³-hybridized carbons (Fsp3) is 0.111. The lowest BCUT2D eigenvalue weighted by molar-refractivity contribution is 0.475. The van der Waals surface area contributed by atoms with Crippen LogP contribution in [0.25, 0.3) is 5.69 Å². The summed E-state index contributed by atoms with van der Waals surface area (Å²) in [4.78, 5) is 0. The van der Waals surface area contributed by atoms with Crippen LogP contribution in [-0.2, 0) is 0 Å². The van der Waals surface area contributed by atoms with E-state index in [-0.39, 0.29) is 5.75 Å². The van der Waals surface area contributed by atoms with E-state index in [2.05, 4.69) is 20.5 Å². The number of phenolic OH excluding ortho intramolecular Hbond substituents is 1. The van der Waals surface area contributed by atoms with Crippen LogP contribution in [0.2, 0.25) is 5.02 Å². The number of nitrogens with zero attached hydrogens (tertiary/aromatic N) is 5. The molecule has 3 rings (SSSR count). The Labute approximate surface area is 150 Å². The van der Waals surface area contributed by atoms with Crippen LogP contribution in [0.1, 0.15) is 23.9 Å². The Kier molecular flexibility index (Phi) is 4.90. The van der Waals surface area contributed by atoms with E-state index in [9.17, 15) is 5.11 Å². The predicted octanol–water partition coefficient (Wildman–Crippen LogP) is 3.78. The van der Waals surface area contributed by atoms with E-state index >= 15 is 0 Å². The van der Waals surface area contributed by atoms with Gasteiger partial charge in [-0.3, -0.25) is 0 Å². The van der Waals surface area contributed by atoms with Crippen LogP contribution in [0.15, 0.2) is 58.7 Å². The van der Waals surface area contributed by atoms with Gasteiger partial charge in [0.05, 0.1) is 23.3 Å². The summed E-state index contributed by atoms with van der Waals surface area (Å²) in [5.74, 6) is 0.214. The predicted molar refractivity (Wildman–Crippen MR) is 99.0 cm³/mol.